The molecule has 0 fully saturated rings. The van der Waals surface area contributed by atoms with Gasteiger partial charge in [-0.25, -0.2) is 0 Å². The Labute approximate surface area is 163 Å². The molecule has 0 spiro atoms. The van der Waals surface area contributed by atoms with E-state index in [1.54, 1.807) is 30.3 Å². The quantitative estimate of drug-likeness (QED) is 0.676. The third kappa shape index (κ3) is 4.58. The molecule has 1 atom stereocenters. The van der Waals surface area contributed by atoms with Crippen LogP contribution in [-0.4, -0.2) is 53.1 Å². The SMILES string of the molecule is COc1ccc(C(=O)NCC(O)c2cc(OC)c(OC)c(OC)c2)cc1OC. The third-order valence-corrected chi connectivity index (χ3v) is 4.17. The summed E-state index contributed by atoms with van der Waals surface area (Å²) in [7, 11) is 7.50. The smallest absolute Gasteiger partial charge is 0.251 e. The molecule has 2 aromatic carbocycles. The summed E-state index contributed by atoms with van der Waals surface area (Å²) in [5, 5.41) is 13.2. The number of methoxy groups -OCH3 is 5. The molecular weight excluding hydrogens is 366 g/mol. The Morgan fingerprint density at radius 1 is 0.857 bits per heavy atom. The zero-order valence-electron chi connectivity index (χ0n) is 16.6. The maximum atomic E-state index is 12.4. The molecule has 0 aromatic heterocycles. The molecule has 8 nitrogen and oxygen atoms in total. The highest BCUT2D eigenvalue weighted by atomic mass is 16.5. The number of carbonyl (C=O) groups is 1. The standard InChI is InChI=1S/C20H25NO7/c1-24-15-7-6-12(8-16(15)25-2)20(23)21-11-14(22)13-9-17(26-3)19(28-5)18(10-13)27-4/h6-10,14,22H,11H2,1-5H3,(H,21,23). The van der Waals surface area contributed by atoms with Crippen LogP contribution >= 0.6 is 0 Å². The number of hydrogen-bond acceptors (Lipinski definition) is 7. The summed E-state index contributed by atoms with van der Waals surface area (Å²) in [6, 6.07) is 8.09. The average molecular weight is 391 g/mol. The lowest BCUT2D eigenvalue weighted by Gasteiger charge is -2.17. The molecule has 2 aromatic rings. The summed E-state index contributed by atoms with van der Waals surface area (Å²) in [5.74, 6) is 1.88. The molecule has 0 saturated carbocycles. The minimum absolute atomic E-state index is 0.00812. The zero-order chi connectivity index (χ0) is 20.7. The molecular formula is C20H25NO7. The van der Waals surface area contributed by atoms with E-state index in [-0.39, 0.29) is 12.5 Å². The number of amides is 1. The molecule has 0 radical (unpaired) electrons. The summed E-state index contributed by atoms with van der Waals surface area (Å²) < 4.78 is 26.2. The maximum absolute atomic E-state index is 12.4. The van der Waals surface area contributed by atoms with Gasteiger partial charge in [-0.05, 0) is 35.9 Å². The van der Waals surface area contributed by atoms with Gasteiger partial charge in [0.25, 0.3) is 5.91 Å². The second-order valence-corrected chi connectivity index (χ2v) is 5.75. The summed E-state index contributed by atoms with van der Waals surface area (Å²) in [5.41, 5.74) is 0.900. The molecule has 8 heteroatoms. The van der Waals surface area contributed by atoms with Crippen LogP contribution in [0.5, 0.6) is 28.7 Å². The summed E-state index contributed by atoms with van der Waals surface area (Å²) in [6.45, 7) is -0.00812. The molecule has 0 bridgehead atoms. The van der Waals surface area contributed by atoms with Crippen molar-refractivity contribution in [2.24, 2.45) is 0 Å². The van der Waals surface area contributed by atoms with Gasteiger partial charge in [0.2, 0.25) is 5.75 Å². The van der Waals surface area contributed by atoms with E-state index in [1.165, 1.54) is 35.5 Å². The number of carbonyl (C=O) groups excluding carboxylic acids is 1. The lowest BCUT2D eigenvalue weighted by atomic mass is 10.1. The first-order chi connectivity index (χ1) is 13.5. The first-order valence-corrected chi connectivity index (χ1v) is 8.47. The zero-order valence-corrected chi connectivity index (χ0v) is 16.6. The van der Waals surface area contributed by atoms with Gasteiger partial charge < -0.3 is 34.1 Å². The van der Waals surface area contributed by atoms with Crippen LogP contribution in [-0.2, 0) is 0 Å². The van der Waals surface area contributed by atoms with E-state index in [1.807, 2.05) is 0 Å². The normalized spacial score (nSPS) is 11.4. The van der Waals surface area contributed by atoms with Gasteiger partial charge in [0.15, 0.2) is 23.0 Å². The van der Waals surface area contributed by atoms with E-state index in [9.17, 15) is 9.90 Å². The van der Waals surface area contributed by atoms with Crippen LogP contribution in [0.3, 0.4) is 0 Å². The van der Waals surface area contributed by atoms with Gasteiger partial charge in [0, 0.05) is 12.1 Å². The maximum Gasteiger partial charge on any atom is 0.251 e. The van der Waals surface area contributed by atoms with Gasteiger partial charge in [0.05, 0.1) is 41.7 Å². The molecule has 0 aliphatic heterocycles. The van der Waals surface area contributed by atoms with E-state index in [4.69, 9.17) is 23.7 Å². The Hall–Kier alpha value is -3.13. The van der Waals surface area contributed by atoms with Crippen LogP contribution in [0.2, 0.25) is 0 Å². The van der Waals surface area contributed by atoms with Gasteiger partial charge in [0.1, 0.15) is 0 Å². The third-order valence-electron chi connectivity index (χ3n) is 4.17. The molecule has 0 heterocycles. The van der Waals surface area contributed by atoms with Crippen molar-refractivity contribution < 1.29 is 33.6 Å². The van der Waals surface area contributed by atoms with Crippen molar-refractivity contribution >= 4 is 5.91 Å². The number of benzene rings is 2. The molecule has 2 N–H and O–H groups in total. The largest absolute Gasteiger partial charge is 0.493 e. The second kappa shape index (κ2) is 9.70. The number of aliphatic hydroxyl groups is 1. The average Bonchev–Trinajstić information content (AvgIpc) is 2.75. The van der Waals surface area contributed by atoms with Crippen molar-refractivity contribution in [2.45, 2.75) is 6.10 Å². The van der Waals surface area contributed by atoms with Crippen LogP contribution < -0.4 is 29.0 Å². The van der Waals surface area contributed by atoms with Gasteiger partial charge >= 0.3 is 0 Å². The van der Waals surface area contributed by atoms with E-state index in [2.05, 4.69) is 5.32 Å². The fourth-order valence-corrected chi connectivity index (χ4v) is 2.68. The highest BCUT2D eigenvalue weighted by molar-refractivity contribution is 5.94. The highest BCUT2D eigenvalue weighted by Gasteiger charge is 2.18. The Balaban J connectivity index is 2.13. The second-order valence-electron chi connectivity index (χ2n) is 5.75. The van der Waals surface area contributed by atoms with Crippen LogP contribution in [0.15, 0.2) is 30.3 Å². The minimum atomic E-state index is -0.974. The van der Waals surface area contributed by atoms with Crippen molar-refractivity contribution in [1.29, 1.82) is 0 Å². The Morgan fingerprint density at radius 3 is 1.93 bits per heavy atom. The number of ether oxygens (including phenoxy) is 5. The predicted molar refractivity (Wildman–Crippen MR) is 103 cm³/mol. The highest BCUT2D eigenvalue weighted by Crippen LogP contribution is 2.39. The molecule has 1 amide bonds. The van der Waals surface area contributed by atoms with Crippen LogP contribution in [0.25, 0.3) is 0 Å². The Morgan fingerprint density at radius 2 is 1.43 bits per heavy atom. The number of nitrogens with one attached hydrogen (secondary N) is 1. The molecule has 28 heavy (non-hydrogen) atoms. The first-order valence-electron chi connectivity index (χ1n) is 8.47. The van der Waals surface area contributed by atoms with Crippen LogP contribution in [0.1, 0.15) is 22.0 Å². The number of aliphatic hydroxyl groups excluding tert-OH is 1. The van der Waals surface area contributed by atoms with Crippen molar-refractivity contribution in [1.82, 2.24) is 5.32 Å². The molecule has 2 rings (SSSR count). The fraction of sp³-hybridized carbons (Fsp3) is 0.350. The number of hydrogen-bond donors (Lipinski definition) is 2. The molecule has 0 aliphatic rings. The van der Waals surface area contributed by atoms with E-state index in [0.717, 1.165) is 0 Å². The number of rotatable bonds is 9. The predicted octanol–water partition coefficient (Wildman–Crippen LogP) is 2.19. The Bertz CT molecular complexity index is 797. The summed E-state index contributed by atoms with van der Waals surface area (Å²) in [6.07, 6.45) is -0.974. The Kier molecular flexibility index (Phi) is 7.34. The van der Waals surface area contributed by atoms with E-state index < -0.39 is 6.10 Å². The van der Waals surface area contributed by atoms with Crippen LogP contribution in [0.4, 0.5) is 0 Å². The van der Waals surface area contributed by atoms with Gasteiger partial charge in [-0.2, -0.15) is 0 Å². The van der Waals surface area contributed by atoms with Gasteiger partial charge in [-0.15, -0.1) is 0 Å². The minimum Gasteiger partial charge on any atom is -0.493 e. The topological polar surface area (TPSA) is 95.5 Å². The van der Waals surface area contributed by atoms with Crippen molar-refractivity contribution in [3.8, 4) is 28.7 Å². The van der Waals surface area contributed by atoms with E-state index >= 15 is 0 Å². The summed E-state index contributed by atoms with van der Waals surface area (Å²) in [4.78, 5) is 12.4. The summed E-state index contributed by atoms with van der Waals surface area (Å²) >= 11 is 0. The molecule has 152 valence electrons. The first kappa shape index (κ1) is 21.2. The van der Waals surface area contributed by atoms with Crippen molar-refractivity contribution in [2.75, 3.05) is 42.1 Å². The monoisotopic (exact) mass is 391 g/mol. The van der Waals surface area contributed by atoms with Gasteiger partial charge in [-0.1, -0.05) is 0 Å². The molecule has 1 unspecified atom stereocenters. The fourth-order valence-electron chi connectivity index (χ4n) is 2.68. The van der Waals surface area contributed by atoms with Gasteiger partial charge in [-0.3, -0.25) is 4.79 Å². The molecule has 0 aliphatic carbocycles. The lowest BCUT2D eigenvalue weighted by molar-refractivity contribution is 0.0915. The van der Waals surface area contributed by atoms with E-state index in [0.29, 0.717) is 39.9 Å². The van der Waals surface area contributed by atoms with Crippen LogP contribution in [0, 0.1) is 0 Å². The lowest BCUT2D eigenvalue weighted by Crippen LogP contribution is -2.28. The molecule has 0 saturated heterocycles. The van der Waals surface area contributed by atoms with Crippen molar-refractivity contribution in [3.63, 3.8) is 0 Å². The van der Waals surface area contributed by atoms with Crippen molar-refractivity contribution in [3.05, 3.63) is 41.5 Å².